The summed E-state index contributed by atoms with van der Waals surface area (Å²) in [5, 5.41) is 5.22. The number of anilines is 1. The molecule has 2 amide bonds. The van der Waals surface area contributed by atoms with Crippen molar-refractivity contribution in [2.75, 3.05) is 24.2 Å². The van der Waals surface area contributed by atoms with Crippen LogP contribution < -0.4 is 21.3 Å². The van der Waals surface area contributed by atoms with E-state index in [0.717, 1.165) is 18.4 Å². The number of nitrogens with one attached hydrogen (secondary N) is 2. The van der Waals surface area contributed by atoms with E-state index >= 15 is 0 Å². The summed E-state index contributed by atoms with van der Waals surface area (Å²) in [6.45, 7) is 4.54. The van der Waals surface area contributed by atoms with Gasteiger partial charge in [0.05, 0.1) is 5.54 Å². The molecule has 1 fully saturated rings. The summed E-state index contributed by atoms with van der Waals surface area (Å²) in [6.07, 6.45) is 4.45. The van der Waals surface area contributed by atoms with E-state index in [-0.39, 0.29) is 18.3 Å². The summed E-state index contributed by atoms with van der Waals surface area (Å²) in [7, 11) is -3.69. The second-order valence-corrected chi connectivity index (χ2v) is 13.9. The van der Waals surface area contributed by atoms with Crippen LogP contribution in [0.3, 0.4) is 0 Å². The molecule has 5 rings (SSSR count). The van der Waals surface area contributed by atoms with Gasteiger partial charge >= 0.3 is 0 Å². The van der Waals surface area contributed by atoms with E-state index in [1.54, 1.807) is 13.8 Å². The molecule has 2 aromatic rings. The number of sulfone groups is 1. The van der Waals surface area contributed by atoms with Crippen molar-refractivity contribution in [2.24, 2.45) is 11.7 Å². The third-order valence-corrected chi connectivity index (χ3v) is 9.91. The smallest absolute Gasteiger partial charge is 0.250 e. The van der Waals surface area contributed by atoms with Crippen LogP contribution in [0.1, 0.15) is 49.8 Å². The van der Waals surface area contributed by atoms with E-state index in [9.17, 15) is 18.0 Å². The molecule has 2 heterocycles. The molecule has 0 aromatic heterocycles. The monoisotopic (exact) mass is 574 g/mol. The first-order valence-electron chi connectivity index (χ1n) is 13.4. The van der Waals surface area contributed by atoms with Crippen LogP contribution in [0.2, 0.25) is 0 Å². The van der Waals surface area contributed by atoms with Gasteiger partial charge in [-0.2, -0.15) is 0 Å². The number of halogens is 1. The van der Waals surface area contributed by atoms with Crippen molar-refractivity contribution in [2.45, 2.75) is 68.3 Å². The van der Waals surface area contributed by atoms with E-state index in [1.807, 2.05) is 36.4 Å². The lowest BCUT2D eigenvalue weighted by atomic mass is 9.74. The van der Waals surface area contributed by atoms with Crippen molar-refractivity contribution in [3.63, 3.8) is 0 Å². The predicted octanol–water partition coefficient (Wildman–Crippen LogP) is 2.47. The minimum atomic E-state index is -3.69. The average molecular weight is 575 g/mol. The van der Waals surface area contributed by atoms with Crippen LogP contribution in [0.25, 0.3) is 0 Å². The first-order chi connectivity index (χ1) is 17.9. The highest BCUT2D eigenvalue weighted by atomic mass is 35.5. The largest absolute Gasteiger partial charge is 0.343 e. The molecule has 2 aromatic carbocycles. The van der Waals surface area contributed by atoms with Crippen LogP contribution in [0, 0.1) is 5.92 Å². The molecule has 4 N–H and O–H groups in total. The Kier molecular flexibility index (Phi) is 8.21. The van der Waals surface area contributed by atoms with Gasteiger partial charge in [-0.25, -0.2) is 8.42 Å². The van der Waals surface area contributed by atoms with Gasteiger partial charge in [0, 0.05) is 17.4 Å². The van der Waals surface area contributed by atoms with Crippen molar-refractivity contribution in [3.8, 4) is 0 Å². The molecule has 2 aliphatic heterocycles. The second-order valence-electron chi connectivity index (χ2n) is 11.8. The molecule has 0 bridgehead atoms. The molecule has 2 unspecified atom stereocenters. The van der Waals surface area contributed by atoms with Crippen LogP contribution >= 0.6 is 12.4 Å². The standard InChI is InChI=1S/C29H38N4O4S.ClH/c1-28(2,30)26(35)32-23(18-19-16-20-8-4-5-9-21(20)17-19)25(34)33-24-11-7-6-10-22(24)29(12-14-31-15-13-29)27(33)38(3,36)37;/h4-11,19,23,27,31H,12-18,30H2,1-3H3,(H,32,35);1H. The fourth-order valence-electron chi connectivity index (χ4n) is 6.72. The molecule has 39 heavy (non-hydrogen) atoms. The molecule has 3 aliphatic rings. The zero-order chi connectivity index (χ0) is 27.3. The van der Waals surface area contributed by atoms with Gasteiger partial charge in [-0.05, 0) is 87.7 Å². The normalized spacial score (nSPS) is 21.1. The van der Waals surface area contributed by atoms with Crippen LogP contribution in [0.5, 0.6) is 0 Å². The summed E-state index contributed by atoms with van der Waals surface area (Å²) < 4.78 is 26.9. The SMILES string of the molecule is CC(C)(N)C(=O)NC(CC1Cc2ccccc2C1)C(=O)N1c2ccccc2C2(CCNCC2)C1S(C)(=O)=O.Cl. The molecular weight excluding hydrogens is 536 g/mol. The van der Waals surface area contributed by atoms with Gasteiger partial charge in [0.25, 0.3) is 5.91 Å². The number of nitrogens with zero attached hydrogens (tertiary/aromatic N) is 1. The molecule has 2 atom stereocenters. The minimum absolute atomic E-state index is 0. The van der Waals surface area contributed by atoms with Gasteiger partial charge in [-0.3, -0.25) is 14.5 Å². The van der Waals surface area contributed by atoms with Crippen molar-refractivity contribution in [3.05, 3.63) is 65.2 Å². The topological polar surface area (TPSA) is 122 Å². The van der Waals surface area contributed by atoms with Crippen LogP contribution in [0.4, 0.5) is 5.69 Å². The molecule has 0 radical (unpaired) electrons. The van der Waals surface area contributed by atoms with E-state index in [1.165, 1.54) is 22.3 Å². The van der Waals surface area contributed by atoms with E-state index < -0.39 is 44.0 Å². The molecular formula is C29H39ClN4O4S. The third-order valence-electron chi connectivity index (χ3n) is 8.44. The van der Waals surface area contributed by atoms with Gasteiger partial charge in [-0.15, -0.1) is 12.4 Å². The number of rotatable bonds is 6. The Morgan fingerprint density at radius 3 is 2.21 bits per heavy atom. The summed E-state index contributed by atoms with van der Waals surface area (Å²) >= 11 is 0. The Hall–Kier alpha value is -2.46. The number of piperidine rings is 1. The van der Waals surface area contributed by atoms with E-state index in [4.69, 9.17) is 5.73 Å². The average Bonchev–Trinajstić information content (AvgIpc) is 3.40. The molecule has 8 nitrogen and oxygen atoms in total. The maximum Gasteiger partial charge on any atom is 0.250 e. The number of hydrogen-bond donors (Lipinski definition) is 3. The predicted molar refractivity (Wildman–Crippen MR) is 156 cm³/mol. The first-order valence-corrected chi connectivity index (χ1v) is 15.4. The summed E-state index contributed by atoms with van der Waals surface area (Å²) in [6, 6.07) is 14.9. The summed E-state index contributed by atoms with van der Waals surface area (Å²) in [5.41, 5.74) is 8.24. The van der Waals surface area contributed by atoms with Crippen LogP contribution in [0.15, 0.2) is 48.5 Å². The number of amides is 2. The van der Waals surface area contributed by atoms with Gasteiger partial charge in [-0.1, -0.05) is 42.5 Å². The number of carbonyl (C=O) groups is 2. The van der Waals surface area contributed by atoms with Crippen molar-refractivity contribution in [1.82, 2.24) is 10.6 Å². The Labute approximate surface area is 237 Å². The number of nitrogens with two attached hydrogens (primary N) is 1. The van der Waals surface area contributed by atoms with Crippen molar-refractivity contribution >= 4 is 39.7 Å². The molecule has 10 heteroatoms. The quantitative estimate of drug-likeness (QED) is 0.487. The zero-order valence-electron chi connectivity index (χ0n) is 22.8. The maximum atomic E-state index is 14.5. The van der Waals surface area contributed by atoms with Gasteiger partial charge in [0.1, 0.15) is 11.4 Å². The maximum absolute atomic E-state index is 14.5. The lowest BCUT2D eigenvalue weighted by molar-refractivity contribution is -0.130. The Morgan fingerprint density at radius 1 is 1.08 bits per heavy atom. The van der Waals surface area contributed by atoms with Crippen LogP contribution in [-0.2, 0) is 37.7 Å². The fraction of sp³-hybridized carbons (Fsp3) is 0.517. The Balaban J connectivity index is 0.00000353. The van der Waals surface area contributed by atoms with Gasteiger partial charge in [0.2, 0.25) is 5.91 Å². The van der Waals surface area contributed by atoms with Crippen LogP contribution in [-0.4, -0.2) is 56.5 Å². The van der Waals surface area contributed by atoms with Gasteiger partial charge < -0.3 is 16.4 Å². The van der Waals surface area contributed by atoms with Gasteiger partial charge in [0.15, 0.2) is 9.84 Å². The second kappa shape index (κ2) is 10.8. The number of benzene rings is 2. The molecule has 1 saturated heterocycles. The summed E-state index contributed by atoms with van der Waals surface area (Å²) in [5.74, 6) is -0.687. The molecule has 0 saturated carbocycles. The highest BCUT2D eigenvalue weighted by Gasteiger charge is 2.58. The number of carbonyl (C=O) groups excluding carboxylic acids is 2. The van der Waals surface area contributed by atoms with E-state index in [2.05, 4.69) is 22.8 Å². The lowest BCUT2D eigenvalue weighted by Crippen LogP contribution is -2.61. The van der Waals surface area contributed by atoms with Crippen molar-refractivity contribution < 1.29 is 18.0 Å². The highest BCUT2D eigenvalue weighted by Crippen LogP contribution is 2.52. The molecule has 1 spiro atoms. The highest BCUT2D eigenvalue weighted by molar-refractivity contribution is 7.91. The summed E-state index contributed by atoms with van der Waals surface area (Å²) in [4.78, 5) is 29.1. The Bertz CT molecular complexity index is 1330. The van der Waals surface area contributed by atoms with E-state index in [0.29, 0.717) is 38.0 Å². The third kappa shape index (κ3) is 5.46. The minimum Gasteiger partial charge on any atom is -0.343 e. The van der Waals surface area contributed by atoms with Crippen molar-refractivity contribution in [1.29, 1.82) is 0 Å². The number of fused-ring (bicyclic) bond motifs is 3. The molecule has 212 valence electrons. The zero-order valence-corrected chi connectivity index (χ0v) is 24.4. The Morgan fingerprint density at radius 2 is 1.64 bits per heavy atom. The molecule has 1 aliphatic carbocycles. The number of para-hydroxylation sites is 1. The number of hydrogen-bond acceptors (Lipinski definition) is 6. The fourth-order valence-corrected chi connectivity index (χ4v) is 8.50. The first kappa shape index (κ1) is 29.5. The lowest BCUT2D eigenvalue weighted by Gasteiger charge is -2.41.